The van der Waals surface area contributed by atoms with Crippen molar-refractivity contribution < 1.29 is 4.92 Å². The van der Waals surface area contributed by atoms with Crippen molar-refractivity contribution in [3.63, 3.8) is 0 Å². The summed E-state index contributed by atoms with van der Waals surface area (Å²) in [5.41, 5.74) is 7.00. The monoisotopic (exact) mass is 223 g/mol. The van der Waals surface area contributed by atoms with Gasteiger partial charge in [0.05, 0.1) is 4.92 Å². The summed E-state index contributed by atoms with van der Waals surface area (Å²) in [4.78, 5) is 10.3. The second-order valence-corrected chi connectivity index (χ2v) is 4.47. The number of aryl methyl sites for hydroxylation is 1. The van der Waals surface area contributed by atoms with E-state index in [-0.39, 0.29) is 16.1 Å². The van der Waals surface area contributed by atoms with E-state index >= 15 is 0 Å². The molecule has 1 aromatic carbocycles. The average Bonchev–Trinajstić information content (AvgIpc) is 2.16. The molecule has 0 unspecified atom stereocenters. The molecule has 5 heteroatoms. The molecular weight excluding hydrogens is 206 g/mol. The number of nitrogens with one attached hydrogen (secondary N) is 1. The molecule has 0 spiro atoms. The third-order valence-corrected chi connectivity index (χ3v) is 2.39. The highest BCUT2D eigenvalue weighted by Crippen LogP contribution is 2.23. The first-order valence-electron chi connectivity index (χ1n) is 5.09. The summed E-state index contributed by atoms with van der Waals surface area (Å²) >= 11 is 0. The molecule has 0 aromatic heterocycles. The normalized spacial score (nSPS) is 11.2. The van der Waals surface area contributed by atoms with E-state index in [4.69, 9.17) is 5.73 Å². The Bertz CT molecular complexity index is 402. The van der Waals surface area contributed by atoms with Crippen LogP contribution in [0.1, 0.15) is 19.4 Å². The van der Waals surface area contributed by atoms with Crippen LogP contribution in [0.3, 0.4) is 0 Å². The second kappa shape index (κ2) is 4.49. The van der Waals surface area contributed by atoms with Gasteiger partial charge in [0.1, 0.15) is 0 Å². The topological polar surface area (TPSA) is 81.2 Å². The van der Waals surface area contributed by atoms with E-state index in [1.807, 2.05) is 13.8 Å². The van der Waals surface area contributed by atoms with Gasteiger partial charge >= 0.3 is 0 Å². The van der Waals surface area contributed by atoms with E-state index in [0.29, 0.717) is 12.1 Å². The van der Waals surface area contributed by atoms with Crippen LogP contribution in [0, 0.1) is 17.0 Å². The summed E-state index contributed by atoms with van der Waals surface area (Å²) < 4.78 is 0. The van der Waals surface area contributed by atoms with E-state index in [1.165, 1.54) is 6.07 Å². The number of nitrogens with two attached hydrogens (primary N) is 1. The van der Waals surface area contributed by atoms with Crippen molar-refractivity contribution >= 4 is 11.4 Å². The first-order valence-corrected chi connectivity index (χ1v) is 5.09. The molecule has 88 valence electrons. The fraction of sp³-hybridized carbons (Fsp3) is 0.455. The minimum atomic E-state index is -0.382. The molecule has 0 atom stereocenters. The lowest BCUT2D eigenvalue weighted by Gasteiger charge is -2.25. The van der Waals surface area contributed by atoms with Crippen LogP contribution >= 0.6 is 0 Å². The van der Waals surface area contributed by atoms with Crippen molar-refractivity contribution in [1.29, 1.82) is 0 Å². The summed E-state index contributed by atoms with van der Waals surface area (Å²) in [6, 6.07) is 4.96. The molecule has 1 aromatic rings. The predicted molar refractivity (Wildman–Crippen MR) is 64.6 cm³/mol. The molecule has 16 heavy (non-hydrogen) atoms. The SMILES string of the molecule is Cc1cc(NC(C)(C)CN)ccc1[N+](=O)[O-]. The summed E-state index contributed by atoms with van der Waals surface area (Å²) in [6.45, 7) is 6.16. The zero-order valence-corrected chi connectivity index (χ0v) is 9.78. The Morgan fingerprint density at radius 1 is 1.50 bits per heavy atom. The summed E-state index contributed by atoms with van der Waals surface area (Å²) in [6.07, 6.45) is 0. The molecule has 0 bridgehead atoms. The summed E-state index contributed by atoms with van der Waals surface area (Å²) in [5, 5.41) is 13.9. The van der Waals surface area contributed by atoms with E-state index < -0.39 is 0 Å². The van der Waals surface area contributed by atoms with Crippen LogP contribution in [-0.2, 0) is 0 Å². The maximum atomic E-state index is 10.6. The zero-order valence-electron chi connectivity index (χ0n) is 9.78. The van der Waals surface area contributed by atoms with E-state index in [2.05, 4.69) is 5.32 Å². The van der Waals surface area contributed by atoms with Gasteiger partial charge < -0.3 is 11.1 Å². The molecule has 0 saturated carbocycles. The van der Waals surface area contributed by atoms with Crippen LogP contribution in [0.4, 0.5) is 11.4 Å². The smallest absolute Gasteiger partial charge is 0.272 e. The lowest BCUT2D eigenvalue weighted by atomic mass is 10.0. The van der Waals surface area contributed by atoms with Gasteiger partial charge in [-0.3, -0.25) is 10.1 Å². The number of nitro groups is 1. The first-order chi connectivity index (χ1) is 7.35. The Labute approximate surface area is 94.8 Å². The molecular formula is C11H17N3O2. The van der Waals surface area contributed by atoms with Crippen molar-refractivity contribution in [1.82, 2.24) is 0 Å². The highest BCUT2D eigenvalue weighted by Gasteiger charge is 2.16. The number of benzene rings is 1. The number of rotatable bonds is 4. The van der Waals surface area contributed by atoms with Crippen LogP contribution in [0.5, 0.6) is 0 Å². The Morgan fingerprint density at radius 3 is 2.56 bits per heavy atom. The van der Waals surface area contributed by atoms with Crippen LogP contribution in [0.2, 0.25) is 0 Å². The van der Waals surface area contributed by atoms with E-state index in [0.717, 1.165) is 5.69 Å². The number of nitrogens with zero attached hydrogens (tertiary/aromatic N) is 1. The van der Waals surface area contributed by atoms with E-state index in [9.17, 15) is 10.1 Å². The van der Waals surface area contributed by atoms with Crippen LogP contribution in [-0.4, -0.2) is 17.0 Å². The maximum absolute atomic E-state index is 10.6. The maximum Gasteiger partial charge on any atom is 0.272 e. The van der Waals surface area contributed by atoms with Gasteiger partial charge in [0.15, 0.2) is 0 Å². The van der Waals surface area contributed by atoms with Gasteiger partial charge in [-0.15, -0.1) is 0 Å². The Kier molecular flexibility index (Phi) is 3.49. The molecule has 0 heterocycles. The van der Waals surface area contributed by atoms with Crippen LogP contribution < -0.4 is 11.1 Å². The fourth-order valence-electron chi connectivity index (χ4n) is 1.38. The van der Waals surface area contributed by atoms with Gasteiger partial charge in [-0.2, -0.15) is 0 Å². The molecule has 0 fully saturated rings. The summed E-state index contributed by atoms with van der Waals surface area (Å²) in [5.74, 6) is 0. The quantitative estimate of drug-likeness (QED) is 0.604. The predicted octanol–water partition coefficient (Wildman–Crippen LogP) is 2.05. The van der Waals surface area contributed by atoms with Gasteiger partial charge in [0, 0.05) is 29.4 Å². The minimum absolute atomic E-state index is 0.135. The van der Waals surface area contributed by atoms with Gasteiger partial charge in [-0.1, -0.05) is 0 Å². The first kappa shape index (κ1) is 12.4. The van der Waals surface area contributed by atoms with Crippen molar-refractivity contribution in [2.45, 2.75) is 26.3 Å². The average molecular weight is 223 g/mol. The lowest BCUT2D eigenvalue weighted by molar-refractivity contribution is -0.385. The van der Waals surface area contributed by atoms with Crippen LogP contribution in [0.25, 0.3) is 0 Å². The molecule has 1 rings (SSSR count). The number of hydrogen-bond acceptors (Lipinski definition) is 4. The van der Waals surface area contributed by atoms with Crippen LogP contribution in [0.15, 0.2) is 18.2 Å². The van der Waals surface area contributed by atoms with Gasteiger partial charge in [0.2, 0.25) is 0 Å². The van der Waals surface area contributed by atoms with Gasteiger partial charge in [-0.05, 0) is 32.9 Å². The molecule has 5 nitrogen and oxygen atoms in total. The zero-order chi connectivity index (χ0) is 12.3. The Hall–Kier alpha value is -1.62. The van der Waals surface area contributed by atoms with Crippen molar-refractivity contribution in [3.05, 3.63) is 33.9 Å². The Balaban J connectivity index is 2.94. The van der Waals surface area contributed by atoms with Crippen molar-refractivity contribution in [3.8, 4) is 0 Å². The number of nitro benzene ring substituents is 1. The summed E-state index contributed by atoms with van der Waals surface area (Å²) in [7, 11) is 0. The molecule has 3 N–H and O–H groups in total. The van der Waals surface area contributed by atoms with Crippen molar-refractivity contribution in [2.75, 3.05) is 11.9 Å². The highest BCUT2D eigenvalue weighted by atomic mass is 16.6. The van der Waals surface area contributed by atoms with Gasteiger partial charge in [-0.25, -0.2) is 0 Å². The third kappa shape index (κ3) is 2.93. The van der Waals surface area contributed by atoms with E-state index in [1.54, 1.807) is 19.1 Å². The molecule has 0 aliphatic rings. The second-order valence-electron chi connectivity index (χ2n) is 4.47. The fourth-order valence-corrected chi connectivity index (χ4v) is 1.38. The number of hydrogen-bond donors (Lipinski definition) is 2. The standard InChI is InChI=1S/C11H17N3O2/c1-8-6-9(13-11(2,3)7-12)4-5-10(8)14(15)16/h4-6,13H,7,12H2,1-3H3. The molecule has 0 radical (unpaired) electrons. The molecule has 0 amide bonds. The molecule has 0 saturated heterocycles. The van der Waals surface area contributed by atoms with Crippen molar-refractivity contribution in [2.24, 2.45) is 5.73 Å². The molecule has 0 aliphatic carbocycles. The minimum Gasteiger partial charge on any atom is -0.379 e. The molecule has 0 aliphatic heterocycles. The van der Waals surface area contributed by atoms with Gasteiger partial charge in [0.25, 0.3) is 5.69 Å². The lowest BCUT2D eigenvalue weighted by Crippen LogP contribution is -2.39. The number of anilines is 1. The Morgan fingerprint density at radius 2 is 2.12 bits per heavy atom. The third-order valence-electron chi connectivity index (χ3n) is 2.39. The highest BCUT2D eigenvalue weighted by molar-refractivity contribution is 5.54. The largest absolute Gasteiger partial charge is 0.379 e.